The number of anilines is 1. The van der Waals surface area contributed by atoms with Gasteiger partial charge in [0.25, 0.3) is 0 Å². The van der Waals surface area contributed by atoms with Crippen LogP contribution in [0.2, 0.25) is 0 Å². The Morgan fingerprint density at radius 1 is 1.09 bits per heavy atom. The minimum absolute atomic E-state index is 0.213. The summed E-state index contributed by atoms with van der Waals surface area (Å²) in [7, 11) is 0. The van der Waals surface area contributed by atoms with Gasteiger partial charge in [-0.2, -0.15) is 0 Å². The number of aryl methyl sites for hydroxylation is 1. The molecule has 0 aromatic heterocycles. The van der Waals surface area contributed by atoms with Gasteiger partial charge in [0.2, 0.25) is 0 Å². The monoisotopic (exact) mass is 298 g/mol. The van der Waals surface area contributed by atoms with Crippen molar-refractivity contribution in [1.29, 1.82) is 0 Å². The molecular formula is C18H19FN2O. The van der Waals surface area contributed by atoms with Crippen LogP contribution in [0.1, 0.15) is 11.1 Å². The van der Waals surface area contributed by atoms with Crippen molar-refractivity contribution in [3.63, 3.8) is 0 Å². The molecule has 1 fully saturated rings. The van der Waals surface area contributed by atoms with Gasteiger partial charge in [0.15, 0.2) is 0 Å². The first-order valence-corrected chi connectivity index (χ1v) is 7.45. The highest BCUT2D eigenvalue weighted by Gasteiger charge is 2.14. The highest BCUT2D eigenvalue weighted by molar-refractivity contribution is 5.82. The van der Waals surface area contributed by atoms with Crippen LogP contribution < -0.4 is 4.90 Å². The molecule has 22 heavy (non-hydrogen) atoms. The van der Waals surface area contributed by atoms with E-state index >= 15 is 0 Å². The molecule has 4 heteroatoms. The largest absolute Gasteiger partial charge is 0.378 e. The molecule has 0 amide bonds. The standard InChI is InChI=1S/C18H19FN2O/c1-14-2-5-16(6-3-14)20-13-15-4-7-18(17(19)12-15)21-8-10-22-11-9-21/h2-7,12-13H,8-11H2,1H3. The third-order valence-corrected chi connectivity index (χ3v) is 3.72. The second-order valence-corrected chi connectivity index (χ2v) is 5.40. The van der Waals surface area contributed by atoms with E-state index in [1.165, 1.54) is 11.6 Å². The molecule has 3 rings (SSSR count). The molecule has 0 spiro atoms. The minimum Gasteiger partial charge on any atom is -0.378 e. The molecule has 0 unspecified atom stereocenters. The number of aliphatic imine (C=N–C) groups is 1. The number of rotatable bonds is 3. The van der Waals surface area contributed by atoms with Crippen LogP contribution in [0.25, 0.3) is 0 Å². The Balaban J connectivity index is 1.75. The molecule has 1 aliphatic heterocycles. The van der Waals surface area contributed by atoms with Crippen LogP contribution in [0.5, 0.6) is 0 Å². The smallest absolute Gasteiger partial charge is 0.147 e. The van der Waals surface area contributed by atoms with E-state index in [9.17, 15) is 4.39 Å². The van der Waals surface area contributed by atoms with Gasteiger partial charge >= 0.3 is 0 Å². The summed E-state index contributed by atoms with van der Waals surface area (Å²) in [5.74, 6) is -0.213. The summed E-state index contributed by atoms with van der Waals surface area (Å²) in [4.78, 5) is 6.39. The van der Waals surface area contributed by atoms with Gasteiger partial charge < -0.3 is 9.64 Å². The Labute approximate surface area is 130 Å². The normalized spacial score (nSPS) is 15.5. The van der Waals surface area contributed by atoms with Crippen LogP contribution in [0.4, 0.5) is 15.8 Å². The number of hydrogen-bond donors (Lipinski definition) is 0. The van der Waals surface area contributed by atoms with E-state index in [2.05, 4.69) is 4.99 Å². The number of hydrogen-bond acceptors (Lipinski definition) is 3. The maximum atomic E-state index is 14.3. The number of halogens is 1. The molecule has 0 aliphatic carbocycles. The lowest BCUT2D eigenvalue weighted by molar-refractivity contribution is 0.122. The van der Waals surface area contributed by atoms with Crippen LogP contribution in [0, 0.1) is 12.7 Å². The average Bonchev–Trinajstić information content (AvgIpc) is 2.55. The number of morpholine rings is 1. The van der Waals surface area contributed by atoms with E-state index in [1.54, 1.807) is 6.21 Å². The minimum atomic E-state index is -0.213. The molecule has 0 atom stereocenters. The molecule has 1 aliphatic rings. The summed E-state index contributed by atoms with van der Waals surface area (Å²) in [5, 5.41) is 0. The van der Waals surface area contributed by atoms with Crippen molar-refractivity contribution < 1.29 is 9.13 Å². The highest BCUT2D eigenvalue weighted by Crippen LogP contribution is 2.21. The van der Waals surface area contributed by atoms with Gasteiger partial charge in [-0.05, 0) is 36.8 Å². The topological polar surface area (TPSA) is 24.8 Å². The lowest BCUT2D eigenvalue weighted by atomic mass is 10.2. The number of benzene rings is 2. The van der Waals surface area contributed by atoms with Crippen molar-refractivity contribution in [3.05, 3.63) is 59.4 Å². The van der Waals surface area contributed by atoms with Gasteiger partial charge in [-0.1, -0.05) is 23.8 Å². The third kappa shape index (κ3) is 3.52. The summed E-state index contributed by atoms with van der Waals surface area (Å²) < 4.78 is 19.6. The summed E-state index contributed by atoms with van der Waals surface area (Å²) in [5.41, 5.74) is 3.45. The van der Waals surface area contributed by atoms with Crippen LogP contribution in [-0.4, -0.2) is 32.5 Å². The van der Waals surface area contributed by atoms with Gasteiger partial charge in [0.05, 0.1) is 24.6 Å². The molecule has 0 bridgehead atoms. The van der Waals surface area contributed by atoms with Crippen molar-refractivity contribution >= 4 is 17.6 Å². The Morgan fingerprint density at radius 2 is 1.82 bits per heavy atom. The second-order valence-electron chi connectivity index (χ2n) is 5.40. The van der Waals surface area contributed by atoms with Gasteiger partial charge in [0.1, 0.15) is 5.82 Å². The summed E-state index contributed by atoms with van der Waals surface area (Å²) in [6, 6.07) is 13.2. The average molecular weight is 298 g/mol. The van der Waals surface area contributed by atoms with Crippen LogP contribution >= 0.6 is 0 Å². The van der Waals surface area contributed by atoms with Crippen molar-refractivity contribution in [2.24, 2.45) is 4.99 Å². The van der Waals surface area contributed by atoms with E-state index in [0.29, 0.717) is 18.9 Å². The molecule has 0 saturated carbocycles. The zero-order chi connectivity index (χ0) is 15.4. The predicted octanol–water partition coefficient (Wildman–Crippen LogP) is 3.72. The summed E-state index contributed by atoms with van der Waals surface area (Å²) in [6.45, 7) is 4.79. The molecule has 2 aromatic carbocycles. The fourth-order valence-electron chi connectivity index (χ4n) is 2.44. The van der Waals surface area contributed by atoms with E-state index in [-0.39, 0.29) is 5.82 Å². The second kappa shape index (κ2) is 6.71. The fraction of sp³-hybridized carbons (Fsp3) is 0.278. The highest BCUT2D eigenvalue weighted by atomic mass is 19.1. The molecule has 1 saturated heterocycles. The molecule has 2 aromatic rings. The Morgan fingerprint density at radius 3 is 2.50 bits per heavy atom. The van der Waals surface area contributed by atoms with Gasteiger partial charge in [-0.3, -0.25) is 4.99 Å². The van der Waals surface area contributed by atoms with Gasteiger partial charge in [-0.25, -0.2) is 4.39 Å². The quantitative estimate of drug-likeness (QED) is 0.807. The van der Waals surface area contributed by atoms with E-state index in [0.717, 1.165) is 24.3 Å². The Hall–Kier alpha value is -2.20. The lowest BCUT2D eigenvalue weighted by Gasteiger charge is -2.29. The van der Waals surface area contributed by atoms with E-state index < -0.39 is 0 Å². The van der Waals surface area contributed by atoms with Crippen molar-refractivity contribution in [3.8, 4) is 0 Å². The first-order chi connectivity index (χ1) is 10.7. The molecule has 0 radical (unpaired) electrons. The molecule has 1 heterocycles. The molecular weight excluding hydrogens is 279 g/mol. The van der Waals surface area contributed by atoms with E-state index in [4.69, 9.17) is 4.74 Å². The zero-order valence-corrected chi connectivity index (χ0v) is 12.6. The van der Waals surface area contributed by atoms with Gasteiger partial charge in [0, 0.05) is 19.3 Å². The van der Waals surface area contributed by atoms with Crippen molar-refractivity contribution in [2.45, 2.75) is 6.92 Å². The number of ether oxygens (including phenoxy) is 1. The van der Waals surface area contributed by atoms with Crippen LogP contribution in [0.3, 0.4) is 0 Å². The van der Waals surface area contributed by atoms with Crippen LogP contribution in [-0.2, 0) is 4.74 Å². The van der Waals surface area contributed by atoms with E-state index in [1.807, 2.05) is 48.2 Å². The first-order valence-electron chi connectivity index (χ1n) is 7.45. The number of nitrogens with zero attached hydrogens (tertiary/aromatic N) is 2. The predicted molar refractivity (Wildman–Crippen MR) is 87.9 cm³/mol. The molecule has 0 N–H and O–H groups in total. The summed E-state index contributed by atoms with van der Waals surface area (Å²) in [6.07, 6.45) is 1.69. The molecule has 114 valence electrons. The van der Waals surface area contributed by atoms with Crippen molar-refractivity contribution in [1.82, 2.24) is 0 Å². The summed E-state index contributed by atoms with van der Waals surface area (Å²) >= 11 is 0. The maximum absolute atomic E-state index is 14.3. The Bertz CT molecular complexity index is 661. The lowest BCUT2D eigenvalue weighted by Crippen LogP contribution is -2.36. The van der Waals surface area contributed by atoms with Crippen molar-refractivity contribution in [2.75, 3.05) is 31.2 Å². The van der Waals surface area contributed by atoms with Crippen LogP contribution in [0.15, 0.2) is 47.5 Å². The zero-order valence-electron chi connectivity index (χ0n) is 12.6. The maximum Gasteiger partial charge on any atom is 0.147 e. The fourth-order valence-corrected chi connectivity index (χ4v) is 2.44. The molecule has 3 nitrogen and oxygen atoms in total. The Kier molecular flexibility index (Phi) is 4.49. The van der Waals surface area contributed by atoms with Gasteiger partial charge in [-0.15, -0.1) is 0 Å². The SMILES string of the molecule is Cc1ccc(N=Cc2ccc(N3CCOCC3)c(F)c2)cc1. The first kappa shape index (κ1) is 14.7. The third-order valence-electron chi connectivity index (χ3n) is 3.72.